The van der Waals surface area contributed by atoms with Gasteiger partial charge in [-0.3, -0.25) is 0 Å². The van der Waals surface area contributed by atoms with Gasteiger partial charge < -0.3 is 4.74 Å². The van der Waals surface area contributed by atoms with Crippen molar-refractivity contribution in [2.75, 3.05) is 13.2 Å². The van der Waals surface area contributed by atoms with Crippen molar-refractivity contribution in [1.82, 2.24) is 4.98 Å². The van der Waals surface area contributed by atoms with Gasteiger partial charge in [0.05, 0.1) is 23.2 Å². The van der Waals surface area contributed by atoms with Crippen molar-refractivity contribution >= 4 is 22.9 Å². The average Bonchev–Trinajstić information content (AvgIpc) is 2.60. The topological polar surface area (TPSA) is 22.1 Å². The van der Waals surface area contributed by atoms with Crippen molar-refractivity contribution in [3.05, 3.63) is 16.1 Å². The lowest BCUT2D eigenvalue weighted by atomic mass is 10.5. The van der Waals surface area contributed by atoms with E-state index in [4.69, 9.17) is 16.3 Å². The smallest absolute Gasteiger partial charge is 0.261 e. The summed E-state index contributed by atoms with van der Waals surface area (Å²) in [6.45, 7) is -0.229. The molecule has 0 amide bonds. The number of ether oxygens (including phenoxy) is 1. The van der Waals surface area contributed by atoms with Crippen molar-refractivity contribution in [3.63, 3.8) is 0 Å². The van der Waals surface area contributed by atoms with Crippen LogP contribution >= 0.6 is 22.9 Å². The second-order valence-corrected chi connectivity index (χ2v) is 3.79. The van der Waals surface area contributed by atoms with Crippen LogP contribution in [0.3, 0.4) is 0 Å². The molecule has 1 rings (SSSR count). The summed E-state index contributed by atoms with van der Waals surface area (Å²) in [6.07, 6.45) is -1.83. The molecular formula is C8H10ClF2NOS. The number of aromatic nitrogens is 1. The molecule has 6 heteroatoms. The zero-order valence-corrected chi connectivity index (χ0v) is 8.95. The lowest BCUT2D eigenvalue weighted by Gasteiger charge is -2.00. The number of hydrogen-bond donors (Lipinski definition) is 0. The molecule has 0 radical (unpaired) electrons. The van der Waals surface area contributed by atoms with Gasteiger partial charge in [-0.15, -0.1) is 22.9 Å². The van der Waals surface area contributed by atoms with Crippen LogP contribution in [0.5, 0.6) is 0 Å². The predicted molar refractivity (Wildman–Crippen MR) is 52.2 cm³/mol. The maximum atomic E-state index is 11.7. The van der Waals surface area contributed by atoms with Gasteiger partial charge >= 0.3 is 0 Å². The van der Waals surface area contributed by atoms with E-state index in [1.54, 1.807) is 0 Å². The highest BCUT2D eigenvalue weighted by Gasteiger charge is 2.03. The van der Waals surface area contributed by atoms with Crippen LogP contribution in [0, 0.1) is 0 Å². The van der Waals surface area contributed by atoms with E-state index < -0.39 is 13.0 Å². The third-order valence-electron chi connectivity index (χ3n) is 1.44. The molecule has 0 aliphatic rings. The zero-order chi connectivity index (χ0) is 10.4. The van der Waals surface area contributed by atoms with Crippen LogP contribution in [0.2, 0.25) is 0 Å². The first-order chi connectivity index (χ1) is 6.72. The van der Waals surface area contributed by atoms with Gasteiger partial charge in [-0.25, -0.2) is 13.8 Å². The van der Waals surface area contributed by atoms with Gasteiger partial charge in [-0.2, -0.15) is 0 Å². The van der Waals surface area contributed by atoms with Crippen LogP contribution < -0.4 is 0 Å². The van der Waals surface area contributed by atoms with Crippen LogP contribution in [-0.2, 0) is 17.0 Å². The highest BCUT2D eigenvalue weighted by atomic mass is 35.5. The Morgan fingerprint density at radius 2 is 2.36 bits per heavy atom. The van der Waals surface area contributed by atoms with Crippen molar-refractivity contribution < 1.29 is 13.5 Å². The molecule has 0 aromatic carbocycles. The van der Waals surface area contributed by atoms with E-state index in [2.05, 4.69) is 4.98 Å². The minimum atomic E-state index is -2.40. The second kappa shape index (κ2) is 6.27. The maximum Gasteiger partial charge on any atom is 0.261 e. The fourth-order valence-corrected chi connectivity index (χ4v) is 1.86. The van der Waals surface area contributed by atoms with Crippen molar-refractivity contribution in [2.24, 2.45) is 0 Å². The minimum Gasteiger partial charge on any atom is -0.375 e. The van der Waals surface area contributed by atoms with E-state index >= 15 is 0 Å². The first-order valence-electron chi connectivity index (χ1n) is 4.07. The summed E-state index contributed by atoms with van der Waals surface area (Å²) in [5.41, 5.74) is 0.820. The summed E-state index contributed by atoms with van der Waals surface area (Å²) < 4.78 is 28.1. The van der Waals surface area contributed by atoms with E-state index in [0.29, 0.717) is 12.3 Å². The average molecular weight is 242 g/mol. The molecule has 1 aromatic heterocycles. The van der Waals surface area contributed by atoms with Crippen LogP contribution in [0.4, 0.5) is 8.78 Å². The Bertz CT molecular complexity index is 270. The largest absolute Gasteiger partial charge is 0.375 e. The molecule has 14 heavy (non-hydrogen) atoms. The van der Waals surface area contributed by atoms with Gasteiger partial charge in [0, 0.05) is 11.8 Å². The Morgan fingerprint density at radius 3 is 2.93 bits per heavy atom. The summed E-state index contributed by atoms with van der Waals surface area (Å²) in [4.78, 5) is 4.16. The normalized spacial score (nSPS) is 11.1. The van der Waals surface area contributed by atoms with Crippen molar-refractivity contribution in [1.29, 1.82) is 0 Å². The van der Waals surface area contributed by atoms with Gasteiger partial charge in [-0.05, 0) is 0 Å². The maximum absolute atomic E-state index is 11.7. The minimum absolute atomic E-state index is 0.277. The highest BCUT2D eigenvalue weighted by Crippen LogP contribution is 2.12. The molecule has 0 saturated heterocycles. The molecule has 0 bridgehead atoms. The number of thiazole rings is 1. The molecule has 0 atom stereocenters. The van der Waals surface area contributed by atoms with Crippen molar-refractivity contribution in [3.8, 4) is 0 Å². The summed E-state index contributed by atoms with van der Waals surface area (Å²) in [5, 5.41) is 2.73. The molecule has 1 aromatic rings. The predicted octanol–water partition coefficient (Wildman–Crippen LogP) is 2.71. The standard InChI is InChI=1S/C8H10ClF2NOS/c9-3-6-5-14-8(12-6)1-2-13-4-7(10)11/h5,7H,1-4H2. The molecule has 0 saturated carbocycles. The number of nitrogens with zero attached hydrogens (tertiary/aromatic N) is 1. The van der Waals surface area contributed by atoms with Crippen LogP contribution in [0.25, 0.3) is 0 Å². The molecule has 0 fully saturated rings. The fourth-order valence-electron chi connectivity index (χ4n) is 0.857. The van der Waals surface area contributed by atoms with Gasteiger partial charge in [0.1, 0.15) is 6.61 Å². The van der Waals surface area contributed by atoms with Crippen LogP contribution in [0.1, 0.15) is 10.7 Å². The Morgan fingerprint density at radius 1 is 1.57 bits per heavy atom. The quantitative estimate of drug-likeness (QED) is 0.564. The number of rotatable bonds is 6. The Balaban J connectivity index is 2.18. The molecule has 80 valence electrons. The molecule has 1 heterocycles. The van der Waals surface area contributed by atoms with E-state index in [9.17, 15) is 8.78 Å². The second-order valence-electron chi connectivity index (χ2n) is 2.58. The van der Waals surface area contributed by atoms with E-state index in [0.717, 1.165) is 10.7 Å². The fraction of sp³-hybridized carbons (Fsp3) is 0.625. The zero-order valence-electron chi connectivity index (χ0n) is 7.38. The summed E-state index contributed by atoms with van der Waals surface area (Å²) in [7, 11) is 0. The number of alkyl halides is 3. The molecule has 0 unspecified atom stereocenters. The highest BCUT2D eigenvalue weighted by molar-refractivity contribution is 7.09. The molecule has 2 nitrogen and oxygen atoms in total. The van der Waals surface area contributed by atoms with Gasteiger partial charge in [0.25, 0.3) is 6.43 Å². The number of halogens is 3. The van der Waals surface area contributed by atoms with E-state index in [-0.39, 0.29) is 6.61 Å². The number of hydrogen-bond acceptors (Lipinski definition) is 3. The Kier molecular flexibility index (Phi) is 5.29. The summed E-state index contributed by atoms with van der Waals surface area (Å²) in [5.74, 6) is 0.383. The first-order valence-corrected chi connectivity index (χ1v) is 5.49. The lowest BCUT2D eigenvalue weighted by molar-refractivity contribution is 0.0187. The van der Waals surface area contributed by atoms with E-state index in [1.165, 1.54) is 11.3 Å². The summed E-state index contributed by atoms with van der Waals surface area (Å²) >= 11 is 7.03. The summed E-state index contributed by atoms with van der Waals surface area (Å²) in [6, 6.07) is 0. The molecule has 0 aliphatic heterocycles. The Labute approximate surface area is 89.9 Å². The molecular weight excluding hydrogens is 232 g/mol. The first kappa shape index (κ1) is 11.8. The van der Waals surface area contributed by atoms with Gasteiger partial charge in [0.2, 0.25) is 0 Å². The molecule has 0 spiro atoms. The van der Waals surface area contributed by atoms with Crippen molar-refractivity contribution in [2.45, 2.75) is 18.7 Å². The lowest BCUT2D eigenvalue weighted by Crippen LogP contribution is -2.06. The third kappa shape index (κ3) is 4.30. The third-order valence-corrected chi connectivity index (χ3v) is 2.67. The Hall–Kier alpha value is -0.260. The van der Waals surface area contributed by atoms with Gasteiger partial charge in [-0.1, -0.05) is 0 Å². The van der Waals surface area contributed by atoms with Crippen LogP contribution in [0.15, 0.2) is 5.38 Å². The van der Waals surface area contributed by atoms with Gasteiger partial charge in [0.15, 0.2) is 0 Å². The SMILES string of the molecule is FC(F)COCCc1nc(CCl)cs1. The molecule has 0 N–H and O–H groups in total. The van der Waals surface area contributed by atoms with Crippen LogP contribution in [-0.4, -0.2) is 24.6 Å². The van der Waals surface area contributed by atoms with E-state index in [1.807, 2.05) is 5.38 Å². The monoisotopic (exact) mass is 241 g/mol. The molecule has 0 aliphatic carbocycles.